The summed E-state index contributed by atoms with van der Waals surface area (Å²) < 4.78 is 2.28. The molecule has 1 fully saturated rings. The fourth-order valence-corrected chi connectivity index (χ4v) is 4.85. The van der Waals surface area contributed by atoms with E-state index in [-0.39, 0.29) is 11.9 Å². The molecule has 1 atom stereocenters. The molecule has 1 amide bonds. The van der Waals surface area contributed by atoms with Gasteiger partial charge >= 0.3 is 0 Å². The van der Waals surface area contributed by atoms with Crippen molar-refractivity contribution in [2.75, 3.05) is 6.54 Å². The molecular weight excluding hydrogens is 346 g/mol. The third kappa shape index (κ3) is 3.41. The van der Waals surface area contributed by atoms with Crippen molar-refractivity contribution in [2.45, 2.75) is 77.3 Å². The number of nitrogens with zero attached hydrogens (tertiary/aromatic N) is 5. The second-order valence-electron chi connectivity index (χ2n) is 7.69. The van der Waals surface area contributed by atoms with Crippen LogP contribution < -0.4 is 0 Å². The Kier molecular flexibility index (Phi) is 5.07. The van der Waals surface area contributed by atoms with E-state index in [0.717, 1.165) is 54.7 Å². The predicted molar refractivity (Wildman–Crippen MR) is 101 cm³/mol. The summed E-state index contributed by atoms with van der Waals surface area (Å²) in [5.74, 6) is 2.67. The fraction of sp³-hybridized carbons (Fsp3) is 0.684. The lowest BCUT2D eigenvalue weighted by molar-refractivity contribution is -0.131. The molecule has 0 N–H and O–H groups in total. The summed E-state index contributed by atoms with van der Waals surface area (Å²) in [4.78, 5) is 19.6. The highest BCUT2D eigenvalue weighted by molar-refractivity contribution is 7.09. The van der Waals surface area contributed by atoms with Gasteiger partial charge in [-0.2, -0.15) is 0 Å². The third-order valence-corrected chi connectivity index (χ3v) is 6.60. The lowest BCUT2D eigenvalue weighted by Gasteiger charge is -2.24. The fourth-order valence-electron chi connectivity index (χ4n) is 4.01. The van der Waals surface area contributed by atoms with Gasteiger partial charge in [-0.15, -0.1) is 21.5 Å². The van der Waals surface area contributed by atoms with Gasteiger partial charge in [-0.1, -0.05) is 20.3 Å². The van der Waals surface area contributed by atoms with Crippen LogP contribution in [0, 0.1) is 0 Å². The van der Waals surface area contributed by atoms with Gasteiger partial charge in [0.25, 0.3) is 0 Å². The zero-order valence-electron chi connectivity index (χ0n) is 15.6. The number of amides is 1. The van der Waals surface area contributed by atoms with Crippen molar-refractivity contribution in [3.8, 4) is 0 Å². The van der Waals surface area contributed by atoms with Crippen molar-refractivity contribution in [3.63, 3.8) is 0 Å². The van der Waals surface area contributed by atoms with Crippen LogP contribution in [0.3, 0.4) is 0 Å². The first kappa shape index (κ1) is 17.6. The first-order chi connectivity index (χ1) is 12.6. The molecule has 0 radical (unpaired) electrons. The molecule has 4 heterocycles. The normalized spacial score (nSPS) is 20.4. The standard InChI is InChI=1S/C19H27N5OS/c1-13(2)19-20-14(12-26-19)11-17(25)23-10-6-7-15(23)18-22-21-16-8-4-3-5-9-24(16)18/h12-13,15H,3-11H2,1-2H3. The summed E-state index contributed by atoms with van der Waals surface area (Å²) in [5.41, 5.74) is 0.898. The zero-order valence-corrected chi connectivity index (χ0v) is 16.5. The van der Waals surface area contributed by atoms with E-state index in [9.17, 15) is 4.79 Å². The average molecular weight is 374 g/mol. The minimum atomic E-state index is 0.0741. The van der Waals surface area contributed by atoms with Gasteiger partial charge in [-0.05, 0) is 25.7 Å². The molecule has 140 valence electrons. The minimum Gasteiger partial charge on any atom is -0.332 e. The van der Waals surface area contributed by atoms with Gasteiger partial charge in [0.1, 0.15) is 5.82 Å². The van der Waals surface area contributed by atoms with Gasteiger partial charge in [0.2, 0.25) is 5.91 Å². The molecule has 0 bridgehead atoms. The van der Waals surface area contributed by atoms with Crippen molar-refractivity contribution in [3.05, 3.63) is 27.7 Å². The van der Waals surface area contributed by atoms with E-state index in [1.54, 1.807) is 11.3 Å². The minimum absolute atomic E-state index is 0.0741. The smallest absolute Gasteiger partial charge is 0.229 e. The van der Waals surface area contributed by atoms with E-state index in [0.29, 0.717) is 12.3 Å². The van der Waals surface area contributed by atoms with Gasteiger partial charge < -0.3 is 9.47 Å². The molecule has 2 aromatic heterocycles. The number of rotatable bonds is 4. The van der Waals surface area contributed by atoms with Gasteiger partial charge in [0.05, 0.1) is 23.2 Å². The Morgan fingerprint density at radius 1 is 1.23 bits per heavy atom. The topological polar surface area (TPSA) is 63.9 Å². The van der Waals surface area contributed by atoms with Crippen LogP contribution in [0.2, 0.25) is 0 Å². The van der Waals surface area contributed by atoms with Gasteiger partial charge in [-0.25, -0.2) is 4.98 Å². The number of carbonyl (C=O) groups is 1. The highest BCUT2D eigenvalue weighted by atomic mass is 32.1. The van der Waals surface area contributed by atoms with Gasteiger partial charge in [0, 0.05) is 30.8 Å². The molecule has 2 aliphatic heterocycles. The summed E-state index contributed by atoms with van der Waals surface area (Å²) in [6, 6.07) is 0.0741. The first-order valence-electron chi connectivity index (χ1n) is 9.79. The number of thiazole rings is 1. The highest BCUT2D eigenvalue weighted by Crippen LogP contribution is 2.33. The molecule has 1 unspecified atom stereocenters. The molecule has 4 rings (SSSR count). The number of aryl methyl sites for hydroxylation is 1. The Balaban J connectivity index is 1.51. The van der Waals surface area contributed by atoms with E-state index < -0.39 is 0 Å². The maximum absolute atomic E-state index is 13.0. The van der Waals surface area contributed by atoms with Crippen LogP contribution in [0.25, 0.3) is 0 Å². The molecule has 6 nitrogen and oxygen atoms in total. The molecule has 26 heavy (non-hydrogen) atoms. The van der Waals surface area contributed by atoms with Crippen LogP contribution in [0.5, 0.6) is 0 Å². The van der Waals surface area contributed by atoms with E-state index in [1.165, 1.54) is 19.3 Å². The zero-order chi connectivity index (χ0) is 18.1. The second-order valence-corrected chi connectivity index (χ2v) is 8.58. The monoisotopic (exact) mass is 373 g/mol. The molecule has 0 aromatic carbocycles. The van der Waals surface area contributed by atoms with Crippen LogP contribution >= 0.6 is 11.3 Å². The molecule has 0 saturated carbocycles. The highest BCUT2D eigenvalue weighted by Gasteiger charge is 2.34. The van der Waals surface area contributed by atoms with Crippen LogP contribution in [0.4, 0.5) is 0 Å². The van der Waals surface area contributed by atoms with Crippen LogP contribution in [-0.2, 0) is 24.2 Å². The van der Waals surface area contributed by atoms with E-state index >= 15 is 0 Å². The number of fused-ring (bicyclic) bond motifs is 1. The van der Waals surface area contributed by atoms with Crippen LogP contribution in [0.1, 0.15) is 80.3 Å². The lowest BCUT2D eigenvalue weighted by Crippen LogP contribution is -2.33. The van der Waals surface area contributed by atoms with Crippen molar-refractivity contribution >= 4 is 17.2 Å². The van der Waals surface area contributed by atoms with Crippen molar-refractivity contribution in [2.24, 2.45) is 0 Å². The maximum Gasteiger partial charge on any atom is 0.229 e. The lowest BCUT2D eigenvalue weighted by atomic mass is 10.2. The number of hydrogen-bond acceptors (Lipinski definition) is 5. The Morgan fingerprint density at radius 2 is 2.12 bits per heavy atom. The molecule has 1 saturated heterocycles. The van der Waals surface area contributed by atoms with E-state index in [4.69, 9.17) is 0 Å². The predicted octanol–water partition coefficient (Wildman–Crippen LogP) is 3.49. The van der Waals surface area contributed by atoms with Gasteiger partial charge in [0.15, 0.2) is 5.82 Å². The van der Waals surface area contributed by atoms with Crippen molar-refractivity contribution < 1.29 is 4.79 Å². The molecule has 0 aliphatic carbocycles. The summed E-state index contributed by atoms with van der Waals surface area (Å²) in [6.45, 7) is 6.07. The second kappa shape index (κ2) is 7.47. The Labute approximate surface area is 158 Å². The third-order valence-electron chi connectivity index (χ3n) is 5.41. The summed E-state index contributed by atoms with van der Waals surface area (Å²) in [6.07, 6.45) is 7.03. The van der Waals surface area contributed by atoms with Crippen LogP contribution in [0.15, 0.2) is 5.38 Å². The SMILES string of the molecule is CC(C)c1nc(CC(=O)N2CCCC2c2nnc3n2CCCCC3)cs1. The maximum atomic E-state index is 13.0. The summed E-state index contributed by atoms with van der Waals surface area (Å²) in [7, 11) is 0. The molecule has 7 heteroatoms. The Morgan fingerprint density at radius 3 is 2.92 bits per heavy atom. The molecule has 2 aromatic rings. The molecule has 0 spiro atoms. The Bertz CT molecular complexity index is 781. The van der Waals surface area contributed by atoms with E-state index in [1.807, 2.05) is 10.3 Å². The number of carbonyl (C=O) groups excluding carboxylic acids is 1. The van der Waals surface area contributed by atoms with E-state index in [2.05, 4.69) is 33.6 Å². The summed E-state index contributed by atoms with van der Waals surface area (Å²) >= 11 is 1.65. The quantitative estimate of drug-likeness (QED) is 0.823. The largest absolute Gasteiger partial charge is 0.332 e. The number of hydrogen-bond donors (Lipinski definition) is 0. The van der Waals surface area contributed by atoms with Gasteiger partial charge in [-0.3, -0.25) is 4.79 Å². The number of likely N-dealkylation sites (tertiary alicyclic amines) is 1. The first-order valence-corrected chi connectivity index (χ1v) is 10.7. The summed E-state index contributed by atoms with van der Waals surface area (Å²) in [5, 5.41) is 12.1. The molecular formula is C19H27N5OS. The molecule has 2 aliphatic rings. The number of aromatic nitrogens is 4. The van der Waals surface area contributed by atoms with Crippen LogP contribution in [-0.4, -0.2) is 37.1 Å². The Hall–Kier alpha value is -1.76. The van der Waals surface area contributed by atoms with Crippen molar-refractivity contribution in [1.82, 2.24) is 24.6 Å². The average Bonchev–Trinajstić information content (AvgIpc) is 3.31. The van der Waals surface area contributed by atoms with Crippen molar-refractivity contribution in [1.29, 1.82) is 0 Å².